The normalized spacial score (nSPS) is 20.7. The number of anilines is 1. The van der Waals surface area contributed by atoms with Gasteiger partial charge >= 0.3 is 6.03 Å². The maximum atomic E-state index is 11.4. The molecule has 2 amide bonds. The monoisotopic (exact) mass is 191 g/mol. The number of carbonyl (C=O) groups excluding carboxylic acids is 1. The quantitative estimate of drug-likeness (QED) is 0.662. The Morgan fingerprint density at radius 1 is 1.79 bits per heavy atom. The molecule has 1 fully saturated rings. The number of rotatable bonds is 1. The lowest BCUT2D eigenvalue weighted by Gasteiger charge is -2.08. The zero-order chi connectivity index (χ0) is 10.1. The highest BCUT2D eigenvalue weighted by Crippen LogP contribution is 2.13. The molecule has 1 unspecified atom stereocenters. The van der Waals surface area contributed by atoms with Gasteiger partial charge in [0, 0.05) is 6.20 Å². The van der Waals surface area contributed by atoms with E-state index >= 15 is 0 Å². The van der Waals surface area contributed by atoms with Crippen LogP contribution in [0, 0.1) is 18.3 Å². The molecule has 1 aliphatic heterocycles. The minimum absolute atomic E-state index is 0.286. The molecule has 0 radical (unpaired) electrons. The smallest absolute Gasteiger partial charge is 0.325 e. The largest absolute Gasteiger partial charge is 0.330 e. The number of amides is 2. The van der Waals surface area contributed by atoms with E-state index in [1.165, 1.54) is 4.90 Å². The molecule has 0 aliphatic carbocycles. The van der Waals surface area contributed by atoms with Gasteiger partial charge in [0.2, 0.25) is 5.95 Å². The number of hydrogen-bond acceptors (Lipinski definition) is 3. The summed E-state index contributed by atoms with van der Waals surface area (Å²) in [5, 5.41) is 11.2. The molecule has 14 heavy (non-hydrogen) atoms. The number of nitrogens with one attached hydrogen (secondary N) is 2. The first kappa shape index (κ1) is 8.56. The fraction of sp³-hybridized carbons (Fsp3) is 0.375. The lowest BCUT2D eigenvalue weighted by Crippen LogP contribution is -2.28. The van der Waals surface area contributed by atoms with Crippen LogP contribution < -0.4 is 10.2 Å². The molecule has 0 bridgehead atoms. The zero-order valence-corrected chi connectivity index (χ0v) is 7.61. The number of nitrogens with zero attached hydrogens (tertiary/aromatic N) is 3. The van der Waals surface area contributed by atoms with Crippen molar-refractivity contribution in [3.05, 3.63) is 11.9 Å². The van der Waals surface area contributed by atoms with E-state index in [1.807, 2.05) is 13.0 Å². The number of nitriles is 1. The molecule has 1 saturated heterocycles. The summed E-state index contributed by atoms with van der Waals surface area (Å²) < 4.78 is 0. The molecule has 6 nitrogen and oxygen atoms in total. The minimum atomic E-state index is -0.451. The lowest BCUT2D eigenvalue weighted by atomic mass is 10.3. The summed E-state index contributed by atoms with van der Waals surface area (Å²) in [5.74, 6) is 0.484. The van der Waals surface area contributed by atoms with E-state index in [4.69, 9.17) is 5.26 Å². The number of aromatic amines is 1. The molecule has 0 saturated carbocycles. The predicted molar refractivity (Wildman–Crippen MR) is 48.6 cm³/mol. The summed E-state index contributed by atoms with van der Waals surface area (Å²) in [5.41, 5.74) is 0.813. The molecule has 1 atom stereocenters. The first-order chi connectivity index (χ1) is 6.70. The predicted octanol–water partition coefficient (Wildman–Crippen LogP) is 0.140. The molecule has 6 heteroatoms. The van der Waals surface area contributed by atoms with Crippen molar-refractivity contribution in [1.29, 1.82) is 5.26 Å². The van der Waals surface area contributed by atoms with E-state index in [-0.39, 0.29) is 6.03 Å². The van der Waals surface area contributed by atoms with Gasteiger partial charge in [-0.25, -0.2) is 9.78 Å². The van der Waals surface area contributed by atoms with Crippen LogP contribution in [0.5, 0.6) is 0 Å². The van der Waals surface area contributed by atoms with E-state index in [9.17, 15) is 4.79 Å². The van der Waals surface area contributed by atoms with Gasteiger partial charge in [-0.15, -0.1) is 0 Å². The van der Waals surface area contributed by atoms with Crippen molar-refractivity contribution in [3.8, 4) is 6.07 Å². The summed E-state index contributed by atoms with van der Waals surface area (Å²) in [6, 6.07) is 1.25. The topological polar surface area (TPSA) is 84.8 Å². The third kappa shape index (κ3) is 1.29. The number of H-pyrrole nitrogens is 1. The third-order valence-corrected chi connectivity index (χ3v) is 2.01. The van der Waals surface area contributed by atoms with E-state index in [0.29, 0.717) is 12.5 Å². The molecule has 72 valence electrons. The highest BCUT2D eigenvalue weighted by atomic mass is 16.2. The Bertz CT molecular complexity index is 404. The molecule has 1 aliphatic rings. The Hall–Kier alpha value is -2.03. The third-order valence-electron chi connectivity index (χ3n) is 2.01. The first-order valence-corrected chi connectivity index (χ1v) is 4.20. The maximum absolute atomic E-state index is 11.4. The van der Waals surface area contributed by atoms with E-state index in [0.717, 1.165) is 5.69 Å². The number of aromatic nitrogens is 2. The van der Waals surface area contributed by atoms with Crippen LogP contribution >= 0.6 is 0 Å². The standard InChI is InChI=1S/C8H9N5O/c1-5-3-10-7(11-5)13-4-6(2-9)12-8(13)14/h3,6H,4H2,1H3,(H,10,11)(H,12,14). The fourth-order valence-electron chi connectivity index (χ4n) is 1.33. The highest BCUT2D eigenvalue weighted by Gasteiger charge is 2.31. The summed E-state index contributed by atoms with van der Waals surface area (Å²) >= 11 is 0. The number of hydrogen-bond donors (Lipinski definition) is 2. The van der Waals surface area contributed by atoms with Crippen molar-refractivity contribution in [3.63, 3.8) is 0 Å². The van der Waals surface area contributed by atoms with Gasteiger partial charge in [-0.2, -0.15) is 5.26 Å². The molecule has 1 aromatic rings. The molecule has 0 aromatic carbocycles. The molecule has 0 spiro atoms. The highest BCUT2D eigenvalue weighted by molar-refractivity contribution is 5.93. The van der Waals surface area contributed by atoms with Crippen molar-refractivity contribution in [2.75, 3.05) is 11.4 Å². The average Bonchev–Trinajstić information content (AvgIpc) is 2.71. The van der Waals surface area contributed by atoms with Crippen molar-refractivity contribution in [2.45, 2.75) is 13.0 Å². The van der Waals surface area contributed by atoms with Crippen molar-refractivity contribution in [1.82, 2.24) is 15.3 Å². The minimum Gasteiger partial charge on any atom is -0.330 e. The molecule has 2 rings (SSSR count). The molecule has 2 heterocycles. The number of carbonyl (C=O) groups is 1. The van der Waals surface area contributed by atoms with Crippen LogP contribution in [-0.4, -0.2) is 28.6 Å². The SMILES string of the molecule is Cc1c[nH]c(N2CC(C#N)NC2=O)n1. The van der Waals surface area contributed by atoms with Gasteiger partial charge in [0.05, 0.1) is 18.3 Å². The Labute approximate surface area is 80.5 Å². The van der Waals surface area contributed by atoms with Crippen LogP contribution in [0.25, 0.3) is 0 Å². The molecular weight excluding hydrogens is 182 g/mol. The number of urea groups is 1. The first-order valence-electron chi connectivity index (χ1n) is 4.20. The van der Waals surface area contributed by atoms with Crippen LogP contribution in [-0.2, 0) is 0 Å². The van der Waals surface area contributed by atoms with Crippen LogP contribution in [0.15, 0.2) is 6.20 Å². The van der Waals surface area contributed by atoms with E-state index in [1.54, 1.807) is 6.20 Å². The Morgan fingerprint density at radius 3 is 3.07 bits per heavy atom. The van der Waals surface area contributed by atoms with Crippen LogP contribution in [0.3, 0.4) is 0 Å². The number of aryl methyl sites for hydroxylation is 1. The number of imidazole rings is 1. The van der Waals surface area contributed by atoms with Gasteiger partial charge < -0.3 is 10.3 Å². The average molecular weight is 191 g/mol. The van der Waals surface area contributed by atoms with Crippen LogP contribution in [0.1, 0.15) is 5.69 Å². The summed E-state index contributed by atoms with van der Waals surface area (Å²) in [6.45, 7) is 2.16. The van der Waals surface area contributed by atoms with Gasteiger partial charge in [0.25, 0.3) is 0 Å². The summed E-state index contributed by atoms with van der Waals surface area (Å²) in [7, 11) is 0. The van der Waals surface area contributed by atoms with E-state index < -0.39 is 6.04 Å². The zero-order valence-electron chi connectivity index (χ0n) is 7.61. The molecule has 1 aromatic heterocycles. The van der Waals surface area contributed by atoms with Crippen molar-refractivity contribution >= 4 is 12.0 Å². The maximum Gasteiger partial charge on any atom is 0.325 e. The van der Waals surface area contributed by atoms with Crippen molar-refractivity contribution in [2.24, 2.45) is 0 Å². The second kappa shape index (κ2) is 3.03. The Kier molecular flexibility index (Phi) is 1.85. The van der Waals surface area contributed by atoms with Crippen molar-refractivity contribution < 1.29 is 4.79 Å². The van der Waals surface area contributed by atoms with E-state index in [2.05, 4.69) is 15.3 Å². The Morgan fingerprint density at radius 2 is 2.57 bits per heavy atom. The van der Waals surface area contributed by atoms with Gasteiger partial charge in [0.15, 0.2) is 0 Å². The second-order valence-corrected chi connectivity index (χ2v) is 3.11. The Balaban J connectivity index is 2.21. The fourth-order valence-corrected chi connectivity index (χ4v) is 1.33. The van der Waals surface area contributed by atoms with Gasteiger partial charge in [-0.3, -0.25) is 4.90 Å². The van der Waals surface area contributed by atoms with Crippen LogP contribution in [0.4, 0.5) is 10.7 Å². The summed E-state index contributed by atoms with van der Waals surface area (Å²) in [6.07, 6.45) is 1.71. The van der Waals surface area contributed by atoms with Gasteiger partial charge in [-0.05, 0) is 6.92 Å². The second-order valence-electron chi connectivity index (χ2n) is 3.11. The molecular formula is C8H9N5O. The van der Waals surface area contributed by atoms with Crippen LogP contribution in [0.2, 0.25) is 0 Å². The summed E-state index contributed by atoms with van der Waals surface area (Å²) in [4.78, 5) is 19.8. The molecule has 2 N–H and O–H groups in total. The van der Waals surface area contributed by atoms with Gasteiger partial charge in [0.1, 0.15) is 6.04 Å². The van der Waals surface area contributed by atoms with Gasteiger partial charge in [-0.1, -0.05) is 0 Å². The lowest BCUT2D eigenvalue weighted by molar-refractivity contribution is 0.251.